The fourth-order valence-corrected chi connectivity index (χ4v) is 4.36. The molecule has 1 aliphatic rings. The molecule has 3 N–H and O–H groups in total. The Morgan fingerprint density at radius 1 is 1.16 bits per heavy atom. The molecule has 1 fully saturated rings. The Balaban J connectivity index is 1.52. The van der Waals surface area contributed by atoms with Gasteiger partial charge in [-0.2, -0.15) is 0 Å². The van der Waals surface area contributed by atoms with E-state index in [0.29, 0.717) is 19.6 Å². The molecular weight excluding hydrogens is 406 g/mol. The van der Waals surface area contributed by atoms with Gasteiger partial charge in [0.15, 0.2) is 0 Å². The minimum absolute atomic E-state index is 0.127. The lowest BCUT2D eigenvalue weighted by atomic mass is 9.90. The first-order valence-corrected chi connectivity index (χ1v) is 11.0. The summed E-state index contributed by atoms with van der Waals surface area (Å²) < 4.78 is 5.28. The van der Waals surface area contributed by atoms with Gasteiger partial charge < -0.3 is 25.0 Å². The number of nitrogens with zero attached hydrogens (tertiary/aromatic N) is 1. The Morgan fingerprint density at radius 2 is 1.88 bits per heavy atom. The number of benzene rings is 2. The van der Waals surface area contributed by atoms with Crippen molar-refractivity contribution in [2.45, 2.75) is 18.8 Å². The van der Waals surface area contributed by atoms with Crippen LogP contribution in [0.2, 0.25) is 0 Å². The van der Waals surface area contributed by atoms with E-state index < -0.39 is 11.8 Å². The number of carbonyl (C=O) groups excluding carboxylic acids is 2. The molecule has 0 unspecified atom stereocenters. The second kappa shape index (κ2) is 9.87. The summed E-state index contributed by atoms with van der Waals surface area (Å²) in [5.41, 5.74) is 3.10. The molecule has 2 heterocycles. The summed E-state index contributed by atoms with van der Waals surface area (Å²) in [6, 6.07) is 15.8. The number of H-pyrrole nitrogens is 1. The van der Waals surface area contributed by atoms with Gasteiger partial charge in [0.05, 0.1) is 7.11 Å². The zero-order valence-corrected chi connectivity index (χ0v) is 18.2. The molecule has 0 spiro atoms. The molecule has 4 rings (SSSR count). The summed E-state index contributed by atoms with van der Waals surface area (Å²) in [5.74, 6) is -0.256. The minimum atomic E-state index is -0.592. The molecule has 1 atom stereocenters. The first-order chi connectivity index (χ1) is 15.6. The molecule has 1 saturated heterocycles. The van der Waals surface area contributed by atoms with Crippen molar-refractivity contribution in [3.8, 4) is 5.75 Å². The van der Waals surface area contributed by atoms with Crippen LogP contribution in [0.4, 0.5) is 0 Å². The summed E-state index contributed by atoms with van der Waals surface area (Å²) in [7, 11) is 1.63. The number of ether oxygens (including phenoxy) is 1. The molecule has 0 aliphatic carbocycles. The lowest BCUT2D eigenvalue weighted by Crippen LogP contribution is -2.47. The largest absolute Gasteiger partial charge is 0.497 e. The van der Waals surface area contributed by atoms with Crippen molar-refractivity contribution in [1.82, 2.24) is 15.2 Å². The van der Waals surface area contributed by atoms with Crippen LogP contribution in [0.3, 0.4) is 0 Å². The number of rotatable bonds is 6. The Bertz CT molecular complexity index is 1070. The van der Waals surface area contributed by atoms with Crippen LogP contribution >= 0.6 is 0 Å². The van der Waals surface area contributed by atoms with Crippen molar-refractivity contribution in [1.29, 1.82) is 0 Å². The van der Waals surface area contributed by atoms with Crippen molar-refractivity contribution in [2.75, 3.05) is 33.4 Å². The van der Waals surface area contributed by atoms with Gasteiger partial charge in [-0.25, -0.2) is 0 Å². The molecule has 7 nitrogen and oxygen atoms in total. The number of aliphatic hydroxyl groups excluding tert-OH is 1. The Labute approximate surface area is 187 Å². The molecular formula is C25H29N3O4. The number of aromatic amines is 1. The fraction of sp³-hybridized carbons (Fsp3) is 0.360. The highest BCUT2D eigenvalue weighted by Gasteiger charge is 2.28. The lowest BCUT2D eigenvalue weighted by molar-refractivity contribution is -0.146. The molecule has 32 heavy (non-hydrogen) atoms. The SMILES string of the molecule is COc1ccc([C@H](CNC(=O)C(=O)N2CCC(CO)CC2)c2c[nH]c3ccccc23)cc1. The molecule has 1 aromatic heterocycles. The van der Waals surface area contributed by atoms with E-state index in [-0.39, 0.29) is 18.4 Å². The van der Waals surface area contributed by atoms with Gasteiger partial charge in [0, 0.05) is 49.3 Å². The molecule has 0 radical (unpaired) electrons. The number of aromatic nitrogens is 1. The van der Waals surface area contributed by atoms with Crippen molar-refractivity contribution in [2.24, 2.45) is 5.92 Å². The lowest BCUT2D eigenvalue weighted by Gasteiger charge is -2.30. The second-order valence-electron chi connectivity index (χ2n) is 8.24. The van der Waals surface area contributed by atoms with Crippen molar-refractivity contribution >= 4 is 22.7 Å². The highest BCUT2D eigenvalue weighted by Crippen LogP contribution is 2.31. The Kier molecular flexibility index (Phi) is 6.75. The van der Waals surface area contributed by atoms with Crippen LogP contribution in [-0.2, 0) is 9.59 Å². The van der Waals surface area contributed by atoms with Gasteiger partial charge >= 0.3 is 11.8 Å². The molecule has 7 heteroatoms. The smallest absolute Gasteiger partial charge is 0.311 e. The number of methoxy groups -OCH3 is 1. The average molecular weight is 436 g/mol. The zero-order chi connectivity index (χ0) is 22.5. The first kappa shape index (κ1) is 21.9. The van der Waals surface area contributed by atoms with Gasteiger partial charge in [0.25, 0.3) is 0 Å². The number of carbonyl (C=O) groups is 2. The Hall–Kier alpha value is -3.32. The summed E-state index contributed by atoms with van der Waals surface area (Å²) in [5, 5.41) is 13.2. The van der Waals surface area contributed by atoms with Crippen LogP contribution in [0.5, 0.6) is 5.75 Å². The molecule has 0 bridgehead atoms. The fourth-order valence-electron chi connectivity index (χ4n) is 4.36. The van der Waals surface area contributed by atoms with Gasteiger partial charge in [-0.1, -0.05) is 30.3 Å². The van der Waals surface area contributed by atoms with Gasteiger partial charge in [-0.15, -0.1) is 0 Å². The van der Waals surface area contributed by atoms with Crippen LogP contribution in [0, 0.1) is 5.92 Å². The third-order valence-electron chi connectivity index (χ3n) is 6.34. The number of nitrogens with one attached hydrogen (secondary N) is 2. The summed E-state index contributed by atoms with van der Waals surface area (Å²) >= 11 is 0. The van der Waals surface area contributed by atoms with Gasteiger partial charge in [-0.3, -0.25) is 9.59 Å². The maximum Gasteiger partial charge on any atom is 0.311 e. The topological polar surface area (TPSA) is 94.7 Å². The zero-order valence-electron chi connectivity index (χ0n) is 18.2. The van der Waals surface area contributed by atoms with E-state index in [2.05, 4.69) is 16.4 Å². The number of para-hydroxylation sites is 1. The highest BCUT2D eigenvalue weighted by atomic mass is 16.5. The van der Waals surface area contributed by atoms with E-state index in [4.69, 9.17) is 4.74 Å². The number of aliphatic hydroxyl groups is 1. The van der Waals surface area contributed by atoms with E-state index >= 15 is 0 Å². The molecule has 2 aromatic carbocycles. The van der Waals surface area contributed by atoms with Gasteiger partial charge in [0.1, 0.15) is 5.75 Å². The molecule has 2 amide bonds. The summed E-state index contributed by atoms with van der Waals surface area (Å²) in [6.07, 6.45) is 3.41. The number of hydrogen-bond donors (Lipinski definition) is 3. The molecule has 1 aliphatic heterocycles. The van der Waals surface area contributed by atoms with Crippen LogP contribution in [-0.4, -0.2) is 60.2 Å². The normalized spacial score (nSPS) is 15.5. The van der Waals surface area contributed by atoms with Crippen molar-refractivity contribution in [3.63, 3.8) is 0 Å². The van der Waals surface area contributed by atoms with Crippen LogP contribution in [0.1, 0.15) is 29.9 Å². The number of amides is 2. The van der Waals surface area contributed by atoms with Crippen molar-refractivity contribution < 1.29 is 19.4 Å². The van der Waals surface area contributed by atoms with Gasteiger partial charge in [0.2, 0.25) is 0 Å². The molecule has 3 aromatic rings. The minimum Gasteiger partial charge on any atom is -0.497 e. The third-order valence-corrected chi connectivity index (χ3v) is 6.34. The first-order valence-electron chi connectivity index (χ1n) is 11.0. The highest BCUT2D eigenvalue weighted by molar-refractivity contribution is 6.35. The number of likely N-dealkylation sites (tertiary alicyclic amines) is 1. The maximum atomic E-state index is 12.7. The Morgan fingerprint density at radius 3 is 2.56 bits per heavy atom. The van der Waals surface area contributed by atoms with E-state index in [1.807, 2.05) is 48.7 Å². The molecule has 0 saturated carbocycles. The monoisotopic (exact) mass is 435 g/mol. The number of hydrogen-bond acceptors (Lipinski definition) is 4. The summed E-state index contributed by atoms with van der Waals surface area (Å²) in [4.78, 5) is 30.2. The van der Waals surface area contributed by atoms with E-state index in [9.17, 15) is 14.7 Å². The van der Waals surface area contributed by atoms with Crippen molar-refractivity contribution in [3.05, 3.63) is 65.9 Å². The quantitative estimate of drug-likeness (QED) is 0.519. The van der Waals surface area contributed by atoms with Crippen LogP contribution in [0.15, 0.2) is 54.7 Å². The van der Waals surface area contributed by atoms with Crippen LogP contribution in [0.25, 0.3) is 10.9 Å². The average Bonchev–Trinajstić information content (AvgIpc) is 3.28. The number of fused-ring (bicyclic) bond motifs is 1. The van der Waals surface area contributed by atoms with E-state index in [1.54, 1.807) is 12.0 Å². The standard InChI is InChI=1S/C25H29N3O4/c1-32-19-8-6-18(7-9-19)21(22-15-26-23-5-3-2-4-20(22)23)14-27-24(30)25(31)28-12-10-17(16-29)11-13-28/h2-9,15,17,21,26,29H,10-14,16H2,1H3,(H,27,30)/t21-/m0/s1. The third kappa shape index (κ3) is 4.62. The second-order valence-corrected chi connectivity index (χ2v) is 8.24. The predicted molar refractivity (Wildman–Crippen MR) is 123 cm³/mol. The summed E-state index contributed by atoms with van der Waals surface area (Å²) in [6.45, 7) is 1.43. The van der Waals surface area contributed by atoms with Gasteiger partial charge in [-0.05, 0) is 48.1 Å². The number of piperidine rings is 1. The van der Waals surface area contributed by atoms with E-state index in [0.717, 1.165) is 40.6 Å². The maximum absolute atomic E-state index is 12.7. The van der Waals surface area contributed by atoms with Crippen LogP contribution < -0.4 is 10.1 Å². The predicted octanol–water partition coefficient (Wildman–Crippen LogP) is 2.66. The van der Waals surface area contributed by atoms with E-state index in [1.165, 1.54) is 0 Å². The molecule has 168 valence electrons.